The van der Waals surface area contributed by atoms with Crippen molar-refractivity contribution >= 4 is 26.8 Å². The highest BCUT2D eigenvalue weighted by Gasteiger charge is 2.26. The summed E-state index contributed by atoms with van der Waals surface area (Å²) in [7, 11) is -3.58. The van der Waals surface area contributed by atoms with E-state index in [9.17, 15) is 18.0 Å². The van der Waals surface area contributed by atoms with Gasteiger partial charge in [0.25, 0.3) is 0 Å². The topological polar surface area (TPSA) is 101 Å². The van der Waals surface area contributed by atoms with E-state index in [1.165, 1.54) is 21.1 Å². The molecule has 0 radical (unpaired) electrons. The highest BCUT2D eigenvalue weighted by molar-refractivity contribution is 7.89. The van der Waals surface area contributed by atoms with Crippen LogP contribution < -0.4 is 11.0 Å². The van der Waals surface area contributed by atoms with Crippen molar-refractivity contribution in [2.45, 2.75) is 69.4 Å². The minimum atomic E-state index is -3.58. The van der Waals surface area contributed by atoms with Crippen LogP contribution in [0.5, 0.6) is 0 Å². The van der Waals surface area contributed by atoms with Crippen molar-refractivity contribution in [3.05, 3.63) is 34.9 Å². The largest absolute Gasteiger partial charge is 0.352 e. The molecular formula is C22H30N4O4S. The van der Waals surface area contributed by atoms with Gasteiger partial charge in [0.15, 0.2) is 0 Å². The van der Waals surface area contributed by atoms with Crippen LogP contribution in [0.4, 0.5) is 0 Å². The first kappa shape index (κ1) is 22.0. The van der Waals surface area contributed by atoms with Gasteiger partial charge >= 0.3 is 5.69 Å². The quantitative estimate of drug-likeness (QED) is 0.759. The van der Waals surface area contributed by atoms with E-state index in [0.717, 1.165) is 44.9 Å². The number of amides is 1. The second kappa shape index (κ2) is 9.08. The van der Waals surface area contributed by atoms with Crippen molar-refractivity contribution in [3.63, 3.8) is 0 Å². The minimum Gasteiger partial charge on any atom is -0.352 e. The molecule has 2 fully saturated rings. The lowest BCUT2D eigenvalue weighted by atomic mass is 9.87. The van der Waals surface area contributed by atoms with E-state index >= 15 is 0 Å². The molecule has 1 amide bonds. The number of aromatic nitrogens is 2. The normalized spacial score (nSPS) is 23.0. The average molecular weight is 447 g/mol. The molecule has 168 valence electrons. The van der Waals surface area contributed by atoms with Gasteiger partial charge < -0.3 is 5.32 Å². The zero-order chi connectivity index (χ0) is 22.0. The van der Waals surface area contributed by atoms with Crippen molar-refractivity contribution in [3.8, 4) is 0 Å². The van der Waals surface area contributed by atoms with Gasteiger partial charge in [-0.15, -0.1) is 0 Å². The lowest BCUT2D eigenvalue weighted by Crippen LogP contribution is -2.41. The molecule has 0 spiro atoms. The molecule has 1 saturated carbocycles. The van der Waals surface area contributed by atoms with Gasteiger partial charge in [-0.2, -0.15) is 4.31 Å². The Hall–Kier alpha value is -2.26. The van der Waals surface area contributed by atoms with Crippen molar-refractivity contribution in [2.75, 3.05) is 13.1 Å². The number of nitrogens with one attached hydrogen (secondary N) is 1. The maximum Gasteiger partial charge on any atom is 0.348 e. The summed E-state index contributed by atoms with van der Waals surface area (Å²) in [5.41, 5.74) is -0.0171. The molecule has 0 unspecified atom stereocenters. The van der Waals surface area contributed by atoms with Crippen LogP contribution in [-0.2, 0) is 21.4 Å². The van der Waals surface area contributed by atoms with Gasteiger partial charge in [-0.1, -0.05) is 13.3 Å². The number of piperidine rings is 1. The van der Waals surface area contributed by atoms with Crippen molar-refractivity contribution in [2.24, 2.45) is 5.92 Å². The van der Waals surface area contributed by atoms with Crippen LogP contribution >= 0.6 is 0 Å². The third kappa shape index (κ3) is 4.82. The molecule has 0 bridgehead atoms. The number of carbonyl (C=O) groups excluding carboxylic acids is 1. The predicted molar refractivity (Wildman–Crippen MR) is 118 cm³/mol. The molecule has 2 heterocycles. The lowest BCUT2D eigenvalue weighted by Gasteiger charge is -2.27. The van der Waals surface area contributed by atoms with Crippen molar-refractivity contribution in [1.82, 2.24) is 19.2 Å². The van der Waals surface area contributed by atoms with E-state index in [1.54, 1.807) is 12.1 Å². The van der Waals surface area contributed by atoms with Gasteiger partial charge in [0, 0.05) is 30.7 Å². The number of carbonyl (C=O) groups is 1. The van der Waals surface area contributed by atoms with E-state index in [0.29, 0.717) is 29.9 Å². The van der Waals surface area contributed by atoms with E-state index in [4.69, 9.17) is 0 Å². The molecule has 1 aliphatic heterocycles. The van der Waals surface area contributed by atoms with Gasteiger partial charge in [-0.3, -0.25) is 9.36 Å². The van der Waals surface area contributed by atoms with Gasteiger partial charge in [0.2, 0.25) is 15.9 Å². The lowest BCUT2D eigenvalue weighted by molar-refractivity contribution is -0.122. The van der Waals surface area contributed by atoms with Crippen molar-refractivity contribution in [1.29, 1.82) is 0 Å². The molecule has 9 heteroatoms. The van der Waals surface area contributed by atoms with Gasteiger partial charge in [0.1, 0.15) is 6.54 Å². The Labute approximate surface area is 182 Å². The number of rotatable bonds is 5. The summed E-state index contributed by atoms with van der Waals surface area (Å²) in [5.74, 6) is 0.467. The number of hydrogen-bond acceptors (Lipinski definition) is 5. The number of fused-ring (bicyclic) bond motifs is 1. The van der Waals surface area contributed by atoms with Crippen LogP contribution in [0.15, 0.2) is 34.1 Å². The fraction of sp³-hybridized carbons (Fsp3) is 0.591. The molecular weight excluding hydrogens is 416 g/mol. The van der Waals surface area contributed by atoms with Crippen molar-refractivity contribution < 1.29 is 13.2 Å². The Morgan fingerprint density at radius 2 is 1.84 bits per heavy atom. The molecule has 1 aliphatic carbocycles. The zero-order valence-corrected chi connectivity index (χ0v) is 18.7. The standard InChI is InChI=1S/C22H30N4O4S/c1-16-5-7-18(8-6-16)24-21(27)15-26-20-10-9-19(13-17(20)14-23-22(26)28)31(29,30)25-11-3-2-4-12-25/h9-10,13-14,16,18H,2-8,11-12,15H2,1H3,(H,24,27). The number of nitrogens with zero attached hydrogens (tertiary/aromatic N) is 3. The molecule has 1 aromatic carbocycles. The molecule has 31 heavy (non-hydrogen) atoms. The summed E-state index contributed by atoms with van der Waals surface area (Å²) < 4.78 is 28.8. The first-order valence-electron chi connectivity index (χ1n) is 11.1. The summed E-state index contributed by atoms with van der Waals surface area (Å²) in [6.45, 7) is 3.14. The first-order valence-corrected chi connectivity index (χ1v) is 12.6. The number of hydrogen-bond donors (Lipinski definition) is 1. The Morgan fingerprint density at radius 1 is 1.13 bits per heavy atom. The highest BCUT2D eigenvalue weighted by Crippen LogP contribution is 2.25. The fourth-order valence-electron chi connectivity index (χ4n) is 4.57. The predicted octanol–water partition coefficient (Wildman–Crippen LogP) is 2.27. The minimum absolute atomic E-state index is 0.131. The molecule has 8 nitrogen and oxygen atoms in total. The Balaban J connectivity index is 1.56. The maximum absolute atomic E-state index is 13.0. The first-order chi connectivity index (χ1) is 14.8. The fourth-order valence-corrected chi connectivity index (χ4v) is 6.12. The van der Waals surface area contributed by atoms with Crippen LogP contribution in [0.25, 0.3) is 10.9 Å². The molecule has 1 aromatic heterocycles. The van der Waals surface area contributed by atoms with Crippen LogP contribution in [0, 0.1) is 5.92 Å². The Kier molecular flexibility index (Phi) is 6.43. The summed E-state index contributed by atoms with van der Waals surface area (Å²) in [6, 6.07) is 4.81. The highest BCUT2D eigenvalue weighted by atomic mass is 32.2. The summed E-state index contributed by atoms with van der Waals surface area (Å²) in [5, 5.41) is 3.55. The van der Waals surface area contributed by atoms with E-state index in [2.05, 4.69) is 17.2 Å². The summed E-state index contributed by atoms with van der Waals surface area (Å²) in [4.78, 5) is 29.0. The van der Waals surface area contributed by atoms with Crippen LogP contribution in [0.2, 0.25) is 0 Å². The summed E-state index contributed by atoms with van der Waals surface area (Å²) in [6.07, 6.45) is 8.24. The zero-order valence-electron chi connectivity index (χ0n) is 17.9. The number of sulfonamides is 1. The van der Waals surface area contributed by atoms with Gasteiger partial charge in [0.05, 0.1) is 10.4 Å². The SMILES string of the molecule is CC1CCC(NC(=O)Cn2c(=O)ncc3cc(S(=O)(=O)N4CCCCC4)ccc32)CC1. The third-order valence-corrected chi connectivity index (χ3v) is 8.36. The maximum atomic E-state index is 13.0. The summed E-state index contributed by atoms with van der Waals surface area (Å²) >= 11 is 0. The molecule has 4 rings (SSSR count). The van der Waals surface area contributed by atoms with Crippen LogP contribution in [0.3, 0.4) is 0 Å². The van der Waals surface area contributed by atoms with Crippen LogP contribution in [-0.4, -0.2) is 47.3 Å². The van der Waals surface area contributed by atoms with Gasteiger partial charge in [-0.25, -0.2) is 18.2 Å². The van der Waals surface area contributed by atoms with E-state index in [-0.39, 0.29) is 23.4 Å². The second-order valence-corrected chi connectivity index (χ2v) is 10.8. The smallest absolute Gasteiger partial charge is 0.348 e. The molecule has 1 N–H and O–H groups in total. The second-order valence-electron chi connectivity index (χ2n) is 8.84. The molecule has 2 aromatic rings. The van der Waals surface area contributed by atoms with Crippen LogP contribution in [0.1, 0.15) is 51.9 Å². The monoisotopic (exact) mass is 446 g/mol. The third-order valence-electron chi connectivity index (χ3n) is 6.47. The Bertz CT molecular complexity index is 1110. The van der Waals surface area contributed by atoms with E-state index in [1.807, 2.05) is 0 Å². The molecule has 1 saturated heterocycles. The Morgan fingerprint density at radius 3 is 2.55 bits per heavy atom. The average Bonchev–Trinajstić information content (AvgIpc) is 2.77. The molecule has 0 atom stereocenters. The number of benzene rings is 1. The molecule has 2 aliphatic rings. The van der Waals surface area contributed by atoms with E-state index < -0.39 is 15.7 Å². The van der Waals surface area contributed by atoms with Gasteiger partial charge in [-0.05, 0) is 62.6 Å².